The maximum Gasteiger partial charge on any atom is 0.223 e. The van der Waals surface area contributed by atoms with Crippen LogP contribution in [-0.2, 0) is 9.53 Å². The number of ether oxygens (including phenoxy) is 1. The summed E-state index contributed by atoms with van der Waals surface area (Å²) in [5.74, 6) is 1.04. The van der Waals surface area contributed by atoms with E-state index in [1.165, 1.54) is 12.8 Å². The van der Waals surface area contributed by atoms with E-state index in [9.17, 15) is 4.79 Å². The molecule has 0 saturated carbocycles. The molecule has 1 amide bonds. The van der Waals surface area contributed by atoms with Crippen LogP contribution in [0.4, 0.5) is 0 Å². The van der Waals surface area contributed by atoms with Gasteiger partial charge < -0.3 is 15.4 Å². The van der Waals surface area contributed by atoms with Gasteiger partial charge in [-0.25, -0.2) is 0 Å². The fourth-order valence-electron chi connectivity index (χ4n) is 2.45. The van der Waals surface area contributed by atoms with Crippen molar-refractivity contribution >= 4 is 5.91 Å². The maximum atomic E-state index is 11.9. The Balaban J connectivity index is 1.65. The molecule has 0 aromatic heterocycles. The van der Waals surface area contributed by atoms with Crippen molar-refractivity contribution in [1.82, 2.24) is 10.6 Å². The Kier molecular flexibility index (Phi) is 4.60. The van der Waals surface area contributed by atoms with Gasteiger partial charge in [-0.2, -0.15) is 0 Å². The molecular formula is C12H22N2O2. The van der Waals surface area contributed by atoms with Crippen molar-refractivity contribution < 1.29 is 9.53 Å². The summed E-state index contributed by atoms with van der Waals surface area (Å²) in [4.78, 5) is 11.9. The van der Waals surface area contributed by atoms with Crippen LogP contribution < -0.4 is 10.6 Å². The molecule has 2 fully saturated rings. The standard InChI is InChI=1S/C12H22N2O2/c15-12(11-3-6-16-7-4-11)14-9-10-2-1-5-13-8-10/h10-11,13H,1-9H2,(H,14,15). The average molecular weight is 226 g/mol. The summed E-state index contributed by atoms with van der Waals surface area (Å²) in [6, 6.07) is 0. The van der Waals surface area contributed by atoms with E-state index in [1.54, 1.807) is 0 Å². The molecule has 2 saturated heterocycles. The Morgan fingerprint density at radius 1 is 1.31 bits per heavy atom. The minimum absolute atomic E-state index is 0.185. The number of hydrogen-bond acceptors (Lipinski definition) is 3. The normalized spacial score (nSPS) is 27.6. The fraction of sp³-hybridized carbons (Fsp3) is 0.917. The van der Waals surface area contributed by atoms with Gasteiger partial charge in [-0.1, -0.05) is 0 Å². The Bertz CT molecular complexity index is 221. The van der Waals surface area contributed by atoms with Crippen molar-refractivity contribution in [2.24, 2.45) is 11.8 Å². The molecule has 2 N–H and O–H groups in total. The van der Waals surface area contributed by atoms with E-state index in [1.807, 2.05) is 0 Å². The van der Waals surface area contributed by atoms with Gasteiger partial charge in [0.1, 0.15) is 0 Å². The van der Waals surface area contributed by atoms with Crippen molar-refractivity contribution in [1.29, 1.82) is 0 Å². The smallest absolute Gasteiger partial charge is 0.223 e. The molecule has 1 atom stereocenters. The van der Waals surface area contributed by atoms with Crippen LogP contribution in [0.15, 0.2) is 0 Å². The first kappa shape index (κ1) is 11.9. The topological polar surface area (TPSA) is 50.4 Å². The first-order valence-corrected chi connectivity index (χ1v) is 6.42. The van der Waals surface area contributed by atoms with Gasteiger partial charge in [0.15, 0.2) is 0 Å². The summed E-state index contributed by atoms with van der Waals surface area (Å²) >= 11 is 0. The monoisotopic (exact) mass is 226 g/mol. The van der Waals surface area contributed by atoms with E-state index in [2.05, 4.69) is 10.6 Å². The van der Waals surface area contributed by atoms with Gasteiger partial charge in [-0.15, -0.1) is 0 Å². The van der Waals surface area contributed by atoms with Gasteiger partial charge in [0.2, 0.25) is 5.91 Å². The number of carbonyl (C=O) groups excluding carboxylic acids is 1. The molecule has 0 aliphatic carbocycles. The van der Waals surface area contributed by atoms with E-state index in [0.717, 1.165) is 45.7 Å². The predicted molar refractivity (Wildman–Crippen MR) is 62.1 cm³/mol. The SMILES string of the molecule is O=C(NCC1CCCNC1)C1CCOCC1. The predicted octanol–water partition coefficient (Wildman–Crippen LogP) is 0.529. The molecule has 0 bridgehead atoms. The molecule has 0 aromatic carbocycles. The summed E-state index contributed by atoms with van der Waals surface area (Å²) < 4.78 is 5.25. The number of rotatable bonds is 3. The van der Waals surface area contributed by atoms with Crippen molar-refractivity contribution in [2.75, 3.05) is 32.8 Å². The molecule has 0 aromatic rings. The lowest BCUT2D eigenvalue weighted by Gasteiger charge is -2.25. The largest absolute Gasteiger partial charge is 0.381 e. The zero-order valence-corrected chi connectivity index (χ0v) is 9.84. The maximum absolute atomic E-state index is 11.9. The molecule has 2 rings (SSSR count). The summed E-state index contributed by atoms with van der Waals surface area (Å²) in [6.45, 7) is 4.49. The number of nitrogens with one attached hydrogen (secondary N) is 2. The van der Waals surface area contributed by atoms with Crippen LogP contribution in [0, 0.1) is 11.8 Å². The molecule has 2 heterocycles. The van der Waals surface area contributed by atoms with Crippen LogP contribution in [0.2, 0.25) is 0 Å². The minimum Gasteiger partial charge on any atom is -0.381 e. The van der Waals surface area contributed by atoms with Crippen LogP contribution in [0.1, 0.15) is 25.7 Å². The zero-order chi connectivity index (χ0) is 11.2. The Morgan fingerprint density at radius 2 is 2.12 bits per heavy atom. The molecular weight excluding hydrogens is 204 g/mol. The summed E-state index contributed by atoms with van der Waals surface area (Å²) in [6.07, 6.45) is 4.24. The van der Waals surface area contributed by atoms with Crippen LogP contribution in [-0.4, -0.2) is 38.8 Å². The highest BCUT2D eigenvalue weighted by Gasteiger charge is 2.22. The second kappa shape index (κ2) is 6.21. The van der Waals surface area contributed by atoms with Crippen molar-refractivity contribution in [3.05, 3.63) is 0 Å². The molecule has 4 nitrogen and oxygen atoms in total. The average Bonchev–Trinajstić information content (AvgIpc) is 2.38. The summed E-state index contributed by atoms with van der Waals surface area (Å²) in [5.41, 5.74) is 0. The molecule has 2 aliphatic heterocycles. The highest BCUT2D eigenvalue weighted by atomic mass is 16.5. The molecule has 16 heavy (non-hydrogen) atoms. The van der Waals surface area contributed by atoms with Crippen LogP contribution >= 0.6 is 0 Å². The first-order chi connectivity index (χ1) is 7.86. The van der Waals surface area contributed by atoms with Gasteiger partial charge in [-0.05, 0) is 44.7 Å². The van der Waals surface area contributed by atoms with Gasteiger partial charge in [0.25, 0.3) is 0 Å². The second-order valence-corrected chi connectivity index (χ2v) is 4.84. The van der Waals surface area contributed by atoms with Gasteiger partial charge in [0, 0.05) is 25.7 Å². The fourth-order valence-corrected chi connectivity index (χ4v) is 2.45. The van der Waals surface area contributed by atoms with Gasteiger partial charge in [-0.3, -0.25) is 4.79 Å². The van der Waals surface area contributed by atoms with Gasteiger partial charge in [0.05, 0.1) is 0 Å². The highest BCUT2D eigenvalue weighted by Crippen LogP contribution is 2.15. The van der Waals surface area contributed by atoms with Crippen LogP contribution in [0.3, 0.4) is 0 Å². The molecule has 1 unspecified atom stereocenters. The molecule has 2 aliphatic rings. The molecule has 92 valence electrons. The van der Waals surface area contributed by atoms with Gasteiger partial charge >= 0.3 is 0 Å². The lowest BCUT2D eigenvalue weighted by atomic mass is 9.97. The van der Waals surface area contributed by atoms with Crippen molar-refractivity contribution in [3.8, 4) is 0 Å². The van der Waals surface area contributed by atoms with Crippen molar-refractivity contribution in [3.63, 3.8) is 0 Å². The van der Waals surface area contributed by atoms with E-state index in [-0.39, 0.29) is 11.8 Å². The highest BCUT2D eigenvalue weighted by molar-refractivity contribution is 5.78. The minimum atomic E-state index is 0.185. The lowest BCUT2D eigenvalue weighted by Crippen LogP contribution is -2.41. The Hall–Kier alpha value is -0.610. The first-order valence-electron chi connectivity index (χ1n) is 6.42. The van der Waals surface area contributed by atoms with Crippen LogP contribution in [0.25, 0.3) is 0 Å². The Morgan fingerprint density at radius 3 is 2.81 bits per heavy atom. The zero-order valence-electron chi connectivity index (χ0n) is 9.84. The molecule has 0 spiro atoms. The van der Waals surface area contributed by atoms with E-state index in [4.69, 9.17) is 4.74 Å². The summed E-state index contributed by atoms with van der Waals surface area (Å²) in [5, 5.41) is 6.45. The van der Waals surface area contributed by atoms with Crippen molar-refractivity contribution in [2.45, 2.75) is 25.7 Å². The Labute approximate surface area is 97.1 Å². The number of amides is 1. The van der Waals surface area contributed by atoms with E-state index < -0.39 is 0 Å². The van der Waals surface area contributed by atoms with E-state index in [0.29, 0.717) is 5.92 Å². The van der Waals surface area contributed by atoms with Crippen LogP contribution in [0.5, 0.6) is 0 Å². The molecule has 0 radical (unpaired) electrons. The summed E-state index contributed by atoms with van der Waals surface area (Å²) in [7, 11) is 0. The van der Waals surface area contributed by atoms with E-state index >= 15 is 0 Å². The lowest BCUT2D eigenvalue weighted by molar-refractivity contribution is -0.128. The molecule has 4 heteroatoms. The third-order valence-corrected chi connectivity index (χ3v) is 3.56. The number of hydrogen-bond donors (Lipinski definition) is 2. The third kappa shape index (κ3) is 3.46. The second-order valence-electron chi connectivity index (χ2n) is 4.84. The number of carbonyl (C=O) groups is 1. The quantitative estimate of drug-likeness (QED) is 0.738. The third-order valence-electron chi connectivity index (χ3n) is 3.56. The number of piperidine rings is 1.